The van der Waals surface area contributed by atoms with E-state index in [2.05, 4.69) is 10.3 Å². The number of hydrogen-bond acceptors (Lipinski definition) is 3. The largest absolute Gasteiger partial charge is 0.497 e. The van der Waals surface area contributed by atoms with Gasteiger partial charge in [-0.25, -0.2) is 4.98 Å². The molecule has 0 bridgehead atoms. The molecule has 0 aliphatic carbocycles. The Morgan fingerprint density at radius 2 is 2.06 bits per heavy atom. The molecule has 1 aromatic heterocycles. The topological polar surface area (TPSA) is 56.1 Å². The zero-order valence-electron chi connectivity index (χ0n) is 9.68. The highest BCUT2D eigenvalue weighted by molar-refractivity contribution is 5.87. The predicted molar refractivity (Wildman–Crippen MR) is 64.4 cm³/mol. The number of imidazole rings is 1. The summed E-state index contributed by atoms with van der Waals surface area (Å²) < 4.78 is 6.88. The number of carbonyl (C=O) groups excluding carboxylic acids is 1. The van der Waals surface area contributed by atoms with Gasteiger partial charge in [-0.05, 0) is 24.3 Å². The Balaban J connectivity index is 2.32. The molecule has 2 aromatic rings. The van der Waals surface area contributed by atoms with Crippen molar-refractivity contribution < 1.29 is 9.53 Å². The molecule has 88 valence electrons. The van der Waals surface area contributed by atoms with Crippen molar-refractivity contribution in [3.63, 3.8) is 0 Å². The van der Waals surface area contributed by atoms with E-state index in [1.54, 1.807) is 24.1 Å². The molecule has 1 aromatic carbocycles. The standard InChI is InChI=1S/C12H13N3O2/c1-9(16)14-12-13-7-8-15(12)10-3-5-11(17-2)6-4-10/h3-8H,1-2H3,(H,13,14,16). The van der Waals surface area contributed by atoms with Crippen LogP contribution in [0.4, 0.5) is 5.95 Å². The first-order valence-electron chi connectivity index (χ1n) is 5.16. The highest BCUT2D eigenvalue weighted by Gasteiger charge is 2.05. The summed E-state index contributed by atoms with van der Waals surface area (Å²) in [4.78, 5) is 15.1. The molecule has 5 nitrogen and oxygen atoms in total. The van der Waals surface area contributed by atoms with E-state index in [4.69, 9.17) is 4.74 Å². The van der Waals surface area contributed by atoms with Crippen molar-refractivity contribution in [1.29, 1.82) is 0 Å². The van der Waals surface area contributed by atoms with Crippen LogP contribution in [-0.2, 0) is 4.79 Å². The average Bonchev–Trinajstić information content (AvgIpc) is 2.76. The monoisotopic (exact) mass is 231 g/mol. The Hall–Kier alpha value is -2.30. The van der Waals surface area contributed by atoms with Crippen molar-refractivity contribution in [3.05, 3.63) is 36.7 Å². The Morgan fingerprint density at radius 1 is 1.35 bits per heavy atom. The van der Waals surface area contributed by atoms with Crippen molar-refractivity contribution in [2.24, 2.45) is 0 Å². The molecule has 17 heavy (non-hydrogen) atoms. The molecule has 1 N–H and O–H groups in total. The van der Waals surface area contributed by atoms with Gasteiger partial charge in [0.2, 0.25) is 11.9 Å². The fourth-order valence-electron chi connectivity index (χ4n) is 1.50. The Kier molecular flexibility index (Phi) is 3.09. The second-order valence-electron chi connectivity index (χ2n) is 3.50. The maximum Gasteiger partial charge on any atom is 0.223 e. The summed E-state index contributed by atoms with van der Waals surface area (Å²) in [6, 6.07) is 7.50. The number of hydrogen-bond donors (Lipinski definition) is 1. The molecule has 0 saturated carbocycles. The third-order valence-corrected chi connectivity index (χ3v) is 2.28. The molecular weight excluding hydrogens is 218 g/mol. The van der Waals surface area contributed by atoms with Gasteiger partial charge in [0.15, 0.2) is 0 Å². The minimum atomic E-state index is -0.147. The van der Waals surface area contributed by atoms with Gasteiger partial charge in [0, 0.05) is 25.0 Å². The van der Waals surface area contributed by atoms with Crippen LogP contribution in [0.15, 0.2) is 36.7 Å². The molecule has 0 saturated heterocycles. The normalized spacial score (nSPS) is 10.0. The molecule has 2 rings (SSSR count). The number of anilines is 1. The average molecular weight is 231 g/mol. The van der Waals surface area contributed by atoms with Gasteiger partial charge >= 0.3 is 0 Å². The van der Waals surface area contributed by atoms with E-state index < -0.39 is 0 Å². The molecule has 0 aliphatic heterocycles. The number of aromatic nitrogens is 2. The van der Waals surface area contributed by atoms with Crippen molar-refractivity contribution >= 4 is 11.9 Å². The van der Waals surface area contributed by atoms with Crippen LogP contribution in [0.2, 0.25) is 0 Å². The van der Waals surface area contributed by atoms with E-state index in [0.29, 0.717) is 5.95 Å². The number of rotatable bonds is 3. The lowest BCUT2D eigenvalue weighted by Gasteiger charge is -2.08. The van der Waals surface area contributed by atoms with Gasteiger partial charge in [-0.15, -0.1) is 0 Å². The van der Waals surface area contributed by atoms with E-state index in [9.17, 15) is 4.79 Å². The third-order valence-electron chi connectivity index (χ3n) is 2.28. The second kappa shape index (κ2) is 4.69. The zero-order valence-corrected chi connectivity index (χ0v) is 9.68. The fourth-order valence-corrected chi connectivity index (χ4v) is 1.50. The van der Waals surface area contributed by atoms with Gasteiger partial charge < -0.3 is 4.74 Å². The molecular formula is C12H13N3O2. The van der Waals surface area contributed by atoms with Crippen LogP contribution in [0.5, 0.6) is 5.75 Å². The van der Waals surface area contributed by atoms with Crippen LogP contribution in [-0.4, -0.2) is 22.6 Å². The summed E-state index contributed by atoms with van der Waals surface area (Å²) in [5, 5.41) is 2.66. The van der Waals surface area contributed by atoms with E-state index in [1.165, 1.54) is 6.92 Å². The van der Waals surface area contributed by atoms with Gasteiger partial charge in [0.25, 0.3) is 0 Å². The SMILES string of the molecule is COc1ccc(-n2ccnc2NC(C)=O)cc1. The number of methoxy groups -OCH3 is 1. The molecule has 0 unspecified atom stereocenters. The minimum Gasteiger partial charge on any atom is -0.497 e. The summed E-state index contributed by atoms with van der Waals surface area (Å²) >= 11 is 0. The van der Waals surface area contributed by atoms with E-state index in [1.807, 2.05) is 24.3 Å². The van der Waals surface area contributed by atoms with Crippen LogP contribution in [0, 0.1) is 0 Å². The maximum atomic E-state index is 11.0. The van der Waals surface area contributed by atoms with Crippen molar-refractivity contribution in [2.75, 3.05) is 12.4 Å². The van der Waals surface area contributed by atoms with Gasteiger partial charge in [-0.3, -0.25) is 14.7 Å². The molecule has 0 radical (unpaired) electrons. The van der Waals surface area contributed by atoms with Crippen molar-refractivity contribution in [2.45, 2.75) is 6.92 Å². The van der Waals surface area contributed by atoms with E-state index >= 15 is 0 Å². The number of amides is 1. The van der Waals surface area contributed by atoms with E-state index in [-0.39, 0.29) is 5.91 Å². The quantitative estimate of drug-likeness (QED) is 0.876. The number of nitrogens with one attached hydrogen (secondary N) is 1. The fraction of sp³-hybridized carbons (Fsp3) is 0.167. The highest BCUT2D eigenvalue weighted by Crippen LogP contribution is 2.18. The minimum absolute atomic E-state index is 0.147. The van der Waals surface area contributed by atoms with Gasteiger partial charge in [-0.1, -0.05) is 0 Å². The second-order valence-corrected chi connectivity index (χ2v) is 3.50. The first-order valence-corrected chi connectivity index (χ1v) is 5.16. The Labute approximate surface area is 99.0 Å². The predicted octanol–water partition coefficient (Wildman–Crippen LogP) is 1.84. The van der Waals surface area contributed by atoms with Crippen LogP contribution in [0.3, 0.4) is 0 Å². The van der Waals surface area contributed by atoms with Crippen molar-refractivity contribution in [1.82, 2.24) is 9.55 Å². The zero-order chi connectivity index (χ0) is 12.3. The van der Waals surface area contributed by atoms with Gasteiger partial charge in [0.05, 0.1) is 7.11 Å². The smallest absolute Gasteiger partial charge is 0.223 e. The van der Waals surface area contributed by atoms with Crippen LogP contribution < -0.4 is 10.1 Å². The van der Waals surface area contributed by atoms with Crippen LogP contribution in [0.1, 0.15) is 6.92 Å². The third kappa shape index (κ3) is 2.44. The molecule has 0 atom stereocenters. The molecule has 1 heterocycles. The van der Waals surface area contributed by atoms with E-state index in [0.717, 1.165) is 11.4 Å². The first-order chi connectivity index (χ1) is 8.20. The first kappa shape index (κ1) is 11.2. The lowest BCUT2D eigenvalue weighted by atomic mass is 10.3. The maximum absolute atomic E-state index is 11.0. The highest BCUT2D eigenvalue weighted by atomic mass is 16.5. The van der Waals surface area contributed by atoms with Crippen molar-refractivity contribution in [3.8, 4) is 11.4 Å². The lowest BCUT2D eigenvalue weighted by Crippen LogP contribution is -2.10. The molecule has 0 aliphatic rings. The number of nitrogens with zero attached hydrogens (tertiary/aromatic N) is 2. The Bertz CT molecular complexity index is 517. The van der Waals surface area contributed by atoms with Gasteiger partial charge in [0.1, 0.15) is 5.75 Å². The summed E-state index contributed by atoms with van der Waals surface area (Å²) in [6.07, 6.45) is 3.42. The molecule has 1 amide bonds. The lowest BCUT2D eigenvalue weighted by molar-refractivity contribution is -0.114. The summed E-state index contributed by atoms with van der Waals surface area (Å²) in [6.45, 7) is 1.45. The molecule has 0 fully saturated rings. The van der Waals surface area contributed by atoms with Gasteiger partial charge in [-0.2, -0.15) is 0 Å². The van der Waals surface area contributed by atoms with Crippen LogP contribution >= 0.6 is 0 Å². The molecule has 5 heteroatoms. The van der Waals surface area contributed by atoms with Crippen LogP contribution in [0.25, 0.3) is 5.69 Å². The number of benzene rings is 1. The molecule has 0 spiro atoms. The summed E-state index contributed by atoms with van der Waals surface area (Å²) in [5.41, 5.74) is 0.909. The summed E-state index contributed by atoms with van der Waals surface area (Å²) in [7, 11) is 1.62. The summed E-state index contributed by atoms with van der Waals surface area (Å²) in [5.74, 6) is 1.14. The number of carbonyl (C=O) groups is 1. The number of ether oxygens (including phenoxy) is 1. The Morgan fingerprint density at radius 3 is 2.65 bits per heavy atom.